The predicted octanol–water partition coefficient (Wildman–Crippen LogP) is 4.89. The number of nitrogens with zero attached hydrogens (tertiary/aromatic N) is 2. The summed E-state index contributed by atoms with van der Waals surface area (Å²) < 4.78 is 5.88. The summed E-state index contributed by atoms with van der Waals surface area (Å²) in [5.41, 5.74) is 7.48. The van der Waals surface area contributed by atoms with Crippen molar-refractivity contribution in [1.29, 1.82) is 0 Å². The number of likely N-dealkylation sites (tertiary alicyclic amines) is 1. The summed E-state index contributed by atoms with van der Waals surface area (Å²) in [6, 6.07) is 6.24. The van der Waals surface area contributed by atoms with Crippen LogP contribution < -0.4 is 10.6 Å². The highest BCUT2D eigenvalue weighted by atomic mass is 79.9. The smallest absolute Gasteiger partial charge is 0.315 e. The van der Waals surface area contributed by atoms with Crippen LogP contribution in [0.5, 0.6) is 0 Å². The van der Waals surface area contributed by atoms with E-state index in [-0.39, 0.29) is 25.0 Å². The molecule has 1 aromatic rings. The van der Waals surface area contributed by atoms with Crippen molar-refractivity contribution in [1.82, 2.24) is 4.90 Å². The van der Waals surface area contributed by atoms with Crippen LogP contribution in [0, 0.1) is 0 Å². The normalized spacial score (nSPS) is 19.4. The van der Waals surface area contributed by atoms with Gasteiger partial charge in [-0.15, -0.1) is 0 Å². The standard InChI is InChI=1S/C24H36BrN3O3/c1-2-31-24(30)17-23(29)28(22-16-18(25)10-11-21(22)26)20-12-14-27(15-13-20)19-8-6-4-3-5-7-9-19/h10-11,16,19-20H,2-9,12-15,17,26H2,1H3. The molecule has 0 bridgehead atoms. The molecule has 2 fully saturated rings. The van der Waals surface area contributed by atoms with E-state index in [1.807, 2.05) is 12.1 Å². The zero-order valence-corrected chi connectivity index (χ0v) is 20.2. The first-order valence-corrected chi connectivity index (χ1v) is 12.6. The Hall–Kier alpha value is -1.60. The molecule has 0 aromatic heterocycles. The van der Waals surface area contributed by atoms with Gasteiger partial charge in [0.05, 0.1) is 18.0 Å². The lowest BCUT2D eigenvalue weighted by Crippen LogP contribution is -2.50. The number of anilines is 2. The molecule has 0 spiro atoms. The third-order valence-corrected chi connectivity index (χ3v) is 7.07. The Balaban J connectivity index is 1.73. The second-order valence-electron chi connectivity index (χ2n) is 8.71. The lowest BCUT2D eigenvalue weighted by molar-refractivity contribution is -0.145. The van der Waals surface area contributed by atoms with Gasteiger partial charge in [-0.25, -0.2) is 0 Å². The fourth-order valence-electron chi connectivity index (χ4n) is 4.99. The van der Waals surface area contributed by atoms with Gasteiger partial charge in [-0.05, 0) is 50.8 Å². The lowest BCUT2D eigenvalue weighted by atomic mass is 9.93. The highest BCUT2D eigenvalue weighted by Gasteiger charge is 2.33. The van der Waals surface area contributed by atoms with Gasteiger partial charge < -0.3 is 20.3 Å². The van der Waals surface area contributed by atoms with Crippen molar-refractivity contribution in [3.05, 3.63) is 22.7 Å². The van der Waals surface area contributed by atoms with Gasteiger partial charge in [0.1, 0.15) is 6.42 Å². The number of benzene rings is 1. The van der Waals surface area contributed by atoms with Crippen LogP contribution in [0.2, 0.25) is 0 Å². The minimum atomic E-state index is -0.488. The van der Waals surface area contributed by atoms with Gasteiger partial charge in [-0.1, -0.05) is 48.0 Å². The number of carbonyl (C=O) groups excluding carboxylic acids is 2. The first-order chi connectivity index (χ1) is 15.0. The molecule has 1 aliphatic carbocycles. The maximum Gasteiger partial charge on any atom is 0.315 e. The second-order valence-corrected chi connectivity index (χ2v) is 9.63. The summed E-state index contributed by atoms with van der Waals surface area (Å²) in [5, 5.41) is 0. The van der Waals surface area contributed by atoms with Crippen LogP contribution in [-0.2, 0) is 14.3 Å². The van der Waals surface area contributed by atoms with E-state index in [4.69, 9.17) is 10.5 Å². The third-order valence-electron chi connectivity index (χ3n) is 6.58. The fraction of sp³-hybridized carbons (Fsp3) is 0.667. The Bertz CT molecular complexity index is 742. The van der Waals surface area contributed by atoms with E-state index in [1.54, 1.807) is 17.9 Å². The Morgan fingerprint density at radius 2 is 1.74 bits per heavy atom. The quantitative estimate of drug-likeness (QED) is 0.346. The molecular formula is C24H36BrN3O3. The van der Waals surface area contributed by atoms with Gasteiger partial charge in [-0.2, -0.15) is 0 Å². The number of ether oxygens (including phenoxy) is 1. The number of amides is 1. The molecule has 1 aliphatic heterocycles. The molecular weight excluding hydrogens is 458 g/mol. The SMILES string of the molecule is CCOC(=O)CC(=O)N(c1cc(Br)ccc1N)C1CCN(C2CCCCCCC2)CC1. The van der Waals surface area contributed by atoms with Crippen LogP contribution in [0.15, 0.2) is 22.7 Å². The Kier molecular flexibility index (Phi) is 9.20. The molecule has 3 rings (SSSR count). The Labute approximate surface area is 194 Å². The van der Waals surface area contributed by atoms with Crippen molar-refractivity contribution in [2.45, 2.75) is 83.2 Å². The number of rotatable bonds is 6. The van der Waals surface area contributed by atoms with E-state index < -0.39 is 5.97 Å². The van der Waals surface area contributed by atoms with Crippen LogP contribution in [0.4, 0.5) is 11.4 Å². The summed E-state index contributed by atoms with van der Waals surface area (Å²) >= 11 is 3.50. The summed E-state index contributed by atoms with van der Waals surface area (Å²) in [4.78, 5) is 29.6. The lowest BCUT2D eigenvalue weighted by Gasteiger charge is -2.42. The van der Waals surface area contributed by atoms with E-state index >= 15 is 0 Å². The molecule has 0 atom stereocenters. The van der Waals surface area contributed by atoms with Gasteiger partial charge >= 0.3 is 5.97 Å². The third kappa shape index (κ3) is 6.69. The van der Waals surface area contributed by atoms with Crippen molar-refractivity contribution in [3.63, 3.8) is 0 Å². The molecule has 1 saturated heterocycles. The van der Waals surface area contributed by atoms with Gasteiger partial charge in [0.15, 0.2) is 0 Å². The van der Waals surface area contributed by atoms with Crippen molar-refractivity contribution < 1.29 is 14.3 Å². The fourth-order valence-corrected chi connectivity index (χ4v) is 5.34. The number of hydrogen-bond donors (Lipinski definition) is 1. The van der Waals surface area contributed by atoms with Crippen LogP contribution >= 0.6 is 15.9 Å². The van der Waals surface area contributed by atoms with Crippen LogP contribution in [0.25, 0.3) is 0 Å². The predicted molar refractivity (Wildman–Crippen MR) is 128 cm³/mol. The molecule has 0 unspecified atom stereocenters. The maximum atomic E-state index is 13.2. The van der Waals surface area contributed by atoms with Crippen molar-refractivity contribution >= 4 is 39.2 Å². The largest absolute Gasteiger partial charge is 0.466 e. The van der Waals surface area contributed by atoms with Gasteiger partial charge in [0.25, 0.3) is 0 Å². The number of nitrogens with two attached hydrogens (primary N) is 1. The number of hydrogen-bond acceptors (Lipinski definition) is 5. The number of esters is 1. The zero-order chi connectivity index (χ0) is 22.2. The molecule has 2 aliphatic rings. The highest BCUT2D eigenvalue weighted by Crippen LogP contribution is 2.33. The molecule has 7 heteroatoms. The van der Waals surface area contributed by atoms with E-state index in [1.165, 1.54) is 44.9 Å². The van der Waals surface area contributed by atoms with Crippen LogP contribution in [0.3, 0.4) is 0 Å². The van der Waals surface area contributed by atoms with Crippen molar-refractivity contribution in [2.24, 2.45) is 0 Å². The van der Waals surface area contributed by atoms with Crippen LogP contribution in [0.1, 0.15) is 71.1 Å². The molecule has 1 saturated carbocycles. The maximum absolute atomic E-state index is 13.2. The molecule has 1 amide bonds. The zero-order valence-electron chi connectivity index (χ0n) is 18.7. The monoisotopic (exact) mass is 493 g/mol. The van der Waals surface area contributed by atoms with E-state index in [9.17, 15) is 9.59 Å². The van der Waals surface area contributed by atoms with E-state index in [0.29, 0.717) is 17.4 Å². The summed E-state index contributed by atoms with van der Waals surface area (Å²) in [6.07, 6.45) is 10.8. The Morgan fingerprint density at radius 3 is 2.39 bits per heavy atom. The summed E-state index contributed by atoms with van der Waals surface area (Å²) in [5.74, 6) is -0.731. The first kappa shape index (κ1) is 24.1. The molecule has 2 N–H and O–H groups in total. The molecule has 6 nitrogen and oxygen atoms in total. The van der Waals surface area contributed by atoms with E-state index in [0.717, 1.165) is 30.4 Å². The minimum Gasteiger partial charge on any atom is -0.466 e. The van der Waals surface area contributed by atoms with Gasteiger partial charge in [-0.3, -0.25) is 9.59 Å². The first-order valence-electron chi connectivity index (χ1n) is 11.8. The number of nitrogen functional groups attached to an aromatic ring is 1. The summed E-state index contributed by atoms with van der Waals surface area (Å²) in [7, 11) is 0. The number of carbonyl (C=O) groups is 2. The molecule has 1 heterocycles. The topological polar surface area (TPSA) is 75.9 Å². The van der Waals surface area contributed by atoms with Crippen LogP contribution in [-0.4, -0.2) is 48.6 Å². The minimum absolute atomic E-state index is 0.0309. The average molecular weight is 494 g/mol. The molecule has 172 valence electrons. The van der Waals surface area contributed by atoms with Gasteiger partial charge in [0, 0.05) is 29.6 Å². The second kappa shape index (κ2) is 11.9. The highest BCUT2D eigenvalue weighted by molar-refractivity contribution is 9.10. The van der Waals surface area contributed by atoms with Crippen molar-refractivity contribution in [2.75, 3.05) is 30.3 Å². The molecule has 0 radical (unpaired) electrons. The summed E-state index contributed by atoms with van der Waals surface area (Å²) in [6.45, 7) is 3.97. The molecule has 31 heavy (non-hydrogen) atoms. The number of halogens is 1. The van der Waals surface area contributed by atoms with E-state index in [2.05, 4.69) is 20.8 Å². The van der Waals surface area contributed by atoms with Crippen molar-refractivity contribution in [3.8, 4) is 0 Å². The number of piperidine rings is 1. The molecule has 1 aromatic carbocycles. The Morgan fingerprint density at radius 1 is 1.10 bits per heavy atom. The van der Waals surface area contributed by atoms with Gasteiger partial charge in [0.2, 0.25) is 5.91 Å². The average Bonchev–Trinajstić information content (AvgIpc) is 2.71.